The van der Waals surface area contributed by atoms with Gasteiger partial charge in [0.15, 0.2) is 0 Å². The van der Waals surface area contributed by atoms with Crippen LogP contribution in [0.5, 0.6) is 0 Å². The smallest absolute Gasteiger partial charge is 0.343 e. The van der Waals surface area contributed by atoms with Crippen molar-refractivity contribution >= 4 is 0 Å². The van der Waals surface area contributed by atoms with Gasteiger partial charge in [-0.3, -0.25) is 0 Å². The predicted octanol–water partition coefficient (Wildman–Crippen LogP) is 3.03. The molecule has 0 spiro atoms. The van der Waals surface area contributed by atoms with Crippen LogP contribution < -0.4 is 5.63 Å². The highest BCUT2D eigenvalue weighted by atomic mass is 16.5. The molecule has 1 aromatic rings. The molecule has 4 heteroatoms. The Morgan fingerprint density at radius 1 is 1.30 bits per heavy atom. The molecule has 0 saturated carbocycles. The monoisotopic (exact) mass is 266 g/mol. The summed E-state index contributed by atoms with van der Waals surface area (Å²) in [5.74, 6) is 0. The van der Waals surface area contributed by atoms with Crippen LogP contribution in [0.25, 0.3) is 22.5 Å². The summed E-state index contributed by atoms with van der Waals surface area (Å²) in [6, 6.07) is 8.80. The molecule has 3 aliphatic rings. The van der Waals surface area contributed by atoms with Gasteiger partial charge in [0.1, 0.15) is 11.3 Å². The van der Waals surface area contributed by atoms with Gasteiger partial charge in [-0.15, -0.1) is 0 Å². The van der Waals surface area contributed by atoms with E-state index in [0.29, 0.717) is 17.3 Å². The Balaban J connectivity index is 2.09. The van der Waals surface area contributed by atoms with Crippen molar-refractivity contribution < 1.29 is 4.52 Å². The van der Waals surface area contributed by atoms with E-state index in [1.165, 1.54) is 16.7 Å². The van der Waals surface area contributed by atoms with Gasteiger partial charge in [0.2, 0.25) is 0 Å². The maximum atomic E-state index is 11.6. The number of hydrogen-bond donors (Lipinski definition) is 0. The van der Waals surface area contributed by atoms with Crippen molar-refractivity contribution in [3.8, 4) is 22.5 Å². The van der Waals surface area contributed by atoms with Crippen LogP contribution in [-0.2, 0) is 6.42 Å². The van der Waals surface area contributed by atoms with Gasteiger partial charge in [-0.05, 0) is 38.0 Å². The van der Waals surface area contributed by atoms with Crippen molar-refractivity contribution in [1.29, 1.82) is 0 Å². The molecule has 1 atom stereocenters. The largest absolute Gasteiger partial charge is 0.369 e. The second kappa shape index (κ2) is 3.82. The Bertz CT molecular complexity index is 844. The Morgan fingerprint density at radius 3 is 3.00 bits per heavy atom. The van der Waals surface area contributed by atoms with Gasteiger partial charge < -0.3 is 9.09 Å². The molecule has 0 fully saturated rings. The van der Waals surface area contributed by atoms with E-state index in [2.05, 4.69) is 41.8 Å². The third kappa shape index (κ3) is 1.48. The number of aryl methyl sites for hydroxylation is 1. The second-order valence-corrected chi connectivity index (χ2v) is 5.55. The molecule has 0 N–H and O–H groups in total. The van der Waals surface area contributed by atoms with Gasteiger partial charge in [-0.2, -0.15) is 0 Å². The highest BCUT2D eigenvalue weighted by molar-refractivity contribution is 5.73. The first-order valence-electron chi connectivity index (χ1n) is 6.75. The van der Waals surface area contributed by atoms with Crippen LogP contribution in [0.3, 0.4) is 0 Å². The summed E-state index contributed by atoms with van der Waals surface area (Å²) >= 11 is 0. The molecule has 0 aromatic heterocycles. The number of aromatic nitrogens is 2. The molecule has 1 aromatic carbocycles. The summed E-state index contributed by atoms with van der Waals surface area (Å²) in [6.45, 7) is 4.25. The molecule has 1 unspecified atom stereocenters. The second-order valence-electron chi connectivity index (χ2n) is 5.55. The van der Waals surface area contributed by atoms with Gasteiger partial charge in [-0.25, -0.2) is 4.79 Å². The quantitative estimate of drug-likeness (QED) is 0.628. The van der Waals surface area contributed by atoms with E-state index >= 15 is 0 Å². The van der Waals surface area contributed by atoms with Gasteiger partial charge in [0.05, 0.1) is 5.69 Å². The van der Waals surface area contributed by atoms with Crippen LogP contribution in [0.2, 0.25) is 0 Å². The standard InChI is InChI=1S/C16H14N2O2/c1-9-3-4-11-6-10(2)18-8-13-14(17-20-16(13)19)7-15(18)12(11)5-9/h3-5,7-8,10H,6H2,1-2H3. The Kier molecular flexibility index (Phi) is 2.19. The first-order chi connectivity index (χ1) is 9.63. The fourth-order valence-electron chi connectivity index (χ4n) is 3.03. The first kappa shape index (κ1) is 11.5. The van der Waals surface area contributed by atoms with Crippen molar-refractivity contribution in [2.75, 3.05) is 0 Å². The summed E-state index contributed by atoms with van der Waals surface area (Å²) in [5, 5.41) is 3.85. The number of nitrogens with zero attached hydrogens (tertiary/aromatic N) is 2. The Morgan fingerprint density at radius 2 is 2.15 bits per heavy atom. The average molecular weight is 266 g/mol. The van der Waals surface area contributed by atoms with E-state index in [-0.39, 0.29) is 5.63 Å². The predicted molar refractivity (Wildman–Crippen MR) is 76.0 cm³/mol. The minimum atomic E-state index is -0.363. The maximum absolute atomic E-state index is 11.6. The summed E-state index contributed by atoms with van der Waals surface area (Å²) in [6.07, 6.45) is 2.84. The maximum Gasteiger partial charge on any atom is 0.369 e. The number of fused-ring (bicyclic) bond motifs is 4. The van der Waals surface area contributed by atoms with Crippen LogP contribution in [0.1, 0.15) is 24.1 Å². The summed E-state index contributed by atoms with van der Waals surface area (Å²) < 4.78 is 6.92. The molecule has 0 bridgehead atoms. The number of rotatable bonds is 0. The Hall–Kier alpha value is -2.36. The number of hydrogen-bond acceptors (Lipinski definition) is 3. The van der Waals surface area contributed by atoms with Crippen LogP contribution in [-0.4, -0.2) is 9.72 Å². The average Bonchev–Trinajstić information content (AvgIpc) is 2.80. The summed E-state index contributed by atoms with van der Waals surface area (Å²) in [7, 11) is 0. The number of pyridine rings is 1. The van der Waals surface area contributed by atoms with Gasteiger partial charge in [0.25, 0.3) is 0 Å². The van der Waals surface area contributed by atoms with Crippen molar-refractivity contribution in [3.63, 3.8) is 0 Å². The molecular weight excluding hydrogens is 252 g/mol. The van der Waals surface area contributed by atoms with Crippen molar-refractivity contribution in [3.05, 3.63) is 52.0 Å². The fraction of sp³-hybridized carbons (Fsp3) is 0.250. The van der Waals surface area contributed by atoms with Crippen LogP contribution in [0, 0.1) is 6.92 Å². The zero-order valence-electron chi connectivity index (χ0n) is 11.4. The highest BCUT2D eigenvalue weighted by Gasteiger charge is 2.24. The minimum Gasteiger partial charge on any atom is -0.343 e. The normalized spacial score (nSPS) is 17.0. The van der Waals surface area contributed by atoms with Gasteiger partial charge in [0, 0.05) is 17.8 Å². The lowest BCUT2D eigenvalue weighted by atomic mass is 9.91. The van der Waals surface area contributed by atoms with Gasteiger partial charge >= 0.3 is 5.63 Å². The van der Waals surface area contributed by atoms with Crippen LogP contribution >= 0.6 is 0 Å². The molecular formula is C16H14N2O2. The van der Waals surface area contributed by atoms with Crippen LogP contribution in [0.15, 0.2) is 39.8 Å². The molecule has 3 heterocycles. The third-order valence-corrected chi connectivity index (χ3v) is 4.07. The lowest BCUT2D eigenvalue weighted by Gasteiger charge is -2.29. The highest BCUT2D eigenvalue weighted by Crippen LogP contribution is 2.37. The van der Waals surface area contributed by atoms with Crippen molar-refractivity contribution in [2.45, 2.75) is 26.3 Å². The van der Waals surface area contributed by atoms with E-state index < -0.39 is 0 Å². The third-order valence-electron chi connectivity index (χ3n) is 4.07. The molecule has 3 aliphatic heterocycles. The van der Waals surface area contributed by atoms with E-state index in [1.807, 2.05) is 12.3 Å². The molecule has 100 valence electrons. The molecule has 0 amide bonds. The number of benzene rings is 1. The van der Waals surface area contributed by atoms with Crippen molar-refractivity contribution in [2.24, 2.45) is 0 Å². The lowest BCUT2D eigenvalue weighted by molar-refractivity contribution is 0.397. The SMILES string of the molecule is Cc1ccc2c(c1)-c1cc3noc(=O)c-3cn1C(C)C2. The van der Waals surface area contributed by atoms with E-state index in [1.54, 1.807) is 0 Å². The lowest BCUT2D eigenvalue weighted by Crippen LogP contribution is -2.18. The molecule has 0 aliphatic carbocycles. The van der Waals surface area contributed by atoms with Gasteiger partial charge in [-0.1, -0.05) is 22.9 Å². The summed E-state index contributed by atoms with van der Waals surface area (Å²) in [5.41, 5.74) is 5.71. The molecule has 20 heavy (non-hydrogen) atoms. The zero-order chi connectivity index (χ0) is 13.9. The van der Waals surface area contributed by atoms with E-state index in [9.17, 15) is 4.79 Å². The molecule has 0 saturated heterocycles. The fourth-order valence-corrected chi connectivity index (χ4v) is 3.03. The molecule has 4 nitrogen and oxygen atoms in total. The van der Waals surface area contributed by atoms with E-state index in [0.717, 1.165) is 12.1 Å². The Labute approximate surface area is 116 Å². The molecule has 0 radical (unpaired) electrons. The minimum absolute atomic E-state index is 0.318. The van der Waals surface area contributed by atoms with Crippen molar-refractivity contribution in [1.82, 2.24) is 9.72 Å². The topological polar surface area (TPSA) is 48.0 Å². The molecule has 4 rings (SSSR count). The summed E-state index contributed by atoms with van der Waals surface area (Å²) in [4.78, 5) is 11.6. The first-order valence-corrected chi connectivity index (χ1v) is 6.75. The van der Waals surface area contributed by atoms with Crippen LogP contribution in [0.4, 0.5) is 0 Å². The van der Waals surface area contributed by atoms with E-state index in [4.69, 9.17) is 4.52 Å². The zero-order valence-corrected chi connectivity index (χ0v) is 11.4.